The van der Waals surface area contributed by atoms with Crippen molar-refractivity contribution in [2.45, 2.75) is 43.9 Å². The first-order valence-corrected chi connectivity index (χ1v) is 10.6. The standard InChI is InChI=1S/C19H25N3O2S2/c1-3-4-5-10-20-17(23)11-16-12-25-19(22-16)26-13-18(24)21-15-8-6-14(2)7-9-15/h6-9,12H,3-5,10-11,13H2,1-2H3,(H,20,23)(H,21,24). The number of thioether (sulfide) groups is 1. The number of aryl methyl sites for hydroxylation is 1. The first-order chi connectivity index (χ1) is 12.6. The van der Waals surface area contributed by atoms with Gasteiger partial charge in [0.05, 0.1) is 17.9 Å². The number of aromatic nitrogens is 1. The van der Waals surface area contributed by atoms with Crippen LogP contribution in [0.2, 0.25) is 0 Å². The van der Waals surface area contributed by atoms with E-state index in [0.717, 1.165) is 47.1 Å². The maximum Gasteiger partial charge on any atom is 0.234 e. The Kier molecular flexibility index (Phi) is 8.64. The van der Waals surface area contributed by atoms with Crippen molar-refractivity contribution >= 4 is 40.6 Å². The van der Waals surface area contributed by atoms with E-state index in [4.69, 9.17) is 0 Å². The number of benzene rings is 1. The molecule has 0 spiro atoms. The average Bonchev–Trinajstić information content (AvgIpc) is 3.06. The van der Waals surface area contributed by atoms with Crippen molar-refractivity contribution in [2.24, 2.45) is 0 Å². The van der Waals surface area contributed by atoms with Crippen molar-refractivity contribution in [1.29, 1.82) is 0 Å². The summed E-state index contributed by atoms with van der Waals surface area (Å²) in [5, 5.41) is 7.66. The molecule has 0 atom stereocenters. The average molecular weight is 392 g/mol. The number of hydrogen-bond donors (Lipinski definition) is 2. The van der Waals surface area contributed by atoms with Crippen LogP contribution < -0.4 is 10.6 Å². The molecule has 140 valence electrons. The number of hydrogen-bond acceptors (Lipinski definition) is 5. The SMILES string of the molecule is CCCCCNC(=O)Cc1csc(SCC(=O)Nc2ccc(C)cc2)n1. The van der Waals surface area contributed by atoms with Gasteiger partial charge in [-0.3, -0.25) is 9.59 Å². The minimum atomic E-state index is -0.0655. The molecule has 2 N–H and O–H groups in total. The van der Waals surface area contributed by atoms with Crippen LogP contribution in [0, 0.1) is 6.92 Å². The van der Waals surface area contributed by atoms with E-state index in [9.17, 15) is 9.59 Å². The molecular formula is C19H25N3O2S2. The van der Waals surface area contributed by atoms with E-state index in [-0.39, 0.29) is 11.8 Å². The van der Waals surface area contributed by atoms with Crippen molar-refractivity contribution in [2.75, 3.05) is 17.6 Å². The van der Waals surface area contributed by atoms with Crippen LogP contribution in [0.3, 0.4) is 0 Å². The summed E-state index contributed by atoms with van der Waals surface area (Å²) < 4.78 is 0.804. The highest BCUT2D eigenvalue weighted by molar-refractivity contribution is 8.01. The van der Waals surface area contributed by atoms with Gasteiger partial charge in [-0.1, -0.05) is 49.2 Å². The summed E-state index contributed by atoms with van der Waals surface area (Å²) in [6, 6.07) is 7.70. The molecule has 1 aromatic heterocycles. The second-order valence-electron chi connectivity index (χ2n) is 6.04. The fourth-order valence-corrected chi connectivity index (χ4v) is 3.87. The summed E-state index contributed by atoms with van der Waals surface area (Å²) in [5.41, 5.74) is 2.70. The Morgan fingerprint density at radius 3 is 2.65 bits per heavy atom. The minimum absolute atomic E-state index is 0.0000622. The van der Waals surface area contributed by atoms with Gasteiger partial charge >= 0.3 is 0 Å². The maximum atomic E-state index is 12.0. The van der Waals surface area contributed by atoms with Gasteiger partial charge in [0.1, 0.15) is 0 Å². The maximum absolute atomic E-state index is 12.0. The van der Waals surface area contributed by atoms with E-state index in [0.29, 0.717) is 12.2 Å². The van der Waals surface area contributed by atoms with Gasteiger partial charge in [-0.2, -0.15) is 0 Å². The third-order valence-electron chi connectivity index (χ3n) is 3.64. The zero-order valence-corrected chi connectivity index (χ0v) is 16.8. The molecule has 7 heteroatoms. The molecule has 0 aliphatic rings. The molecule has 0 saturated carbocycles. The zero-order chi connectivity index (χ0) is 18.8. The fourth-order valence-electron chi connectivity index (χ4n) is 2.23. The summed E-state index contributed by atoms with van der Waals surface area (Å²) in [6.45, 7) is 4.86. The van der Waals surface area contributed by atoms with Crippen molar-refractivity contribution in [3.8, 4) is 0 Å². The minimum Gasteiger partial charge on any atom is -0.356 e. The van der Waals surface area contributed by atoms with Gasteiger partial charge in [-0.15, -0.1) is 11.3 Å². The second kappa shape index (κ2) is 11.0. The number of rotatable bonds is 10. The molecule has 0 bridgehead atoms. The molecule has 5 nitrogen and oxygen atoms in total. The van der Waals surface area contributed by atoms with E-state index in [1.165, 1.54) is 23.1 Å². The molecule has 26 heavy (non-hydrogen) atoms. The number of nitrogens with zero attached hydrogens (tertiary/aromatic N) is 1. The topological polar surface area (TPSA) is 71.1 Å². The third-order valence-corrected chi connectivity index (χ3v) is 5.71. The monoisotopic (exact) mass is 391 g/mol. The van der Waals surface area contributed by atoms with Gasteiger partial charge in [-0.25, -0.2) is 4.98 Å². The molecule has 2 amide bonds. The van der Waals surface area contributed by atoms with Gasteiger partial charge < -0.3 is 10.6 Å². The Bertz CT molecular complexity index is 714. The Morgan fingerprint density at radius 2 is 1.92 bits per heavy atom. The number of unbranched alkanes of at least 4 members (excludes halogenated alkanes) is 2. The molecule has 2 aromatic rings. The highest BCUT2D eigenvalue weighted by atomic mass is 32.2. The number of carbonyl (C=O) groups excluding carboxylic acids is 2. The van der Waals surface area contributed by atoms with Crippen LogP contribution in [-0.4, -0.2) is 29.1 Å². The predicted octanol–water partition coefficient (Wildman–Crippen LogP) is 4.03. The third kappa shape index (κ3) is 7.58. The van der Waals surface area contributed by atoms with Gasteiger partial charge in [0.2, 0.25) is 11.8 Å². The molecule has 0 fully saturated rings. The first-order valence-electron chi connectivity index (χ1n) is 8.77. The number of nitrogens with one attached hydrogen (secondary N) is 2. The van der Waals surface area contributed by atoms with E-state index < -0.39 is 0 Å². The van der Waals surface area contributed by atoms with Crippen LogP contribution in [0.1, 0.15) is 37.4 Å². The van der Waals surface area contributed by atoms with Crippen LogP contribution in [-0.2, 0) is 16.0 Å². The first kappa shape index (κ1) is 20.5. The van der Waals surface area contributed by atoms with Crippen LogP contribution in [0.5, 0.6) is 0 Å². The molecule has 1 aromatic carbocycles. The molecule has 0 aliphatic heterocycles. The van der Waals surface area contributed by atoms with E-state index in [2.05, 4.69) is 22.5 Å². The van der Waals surface area contributed by atoms with E-state index in [1.807, 2.05) is 36.6 Å². The molecule has 2 rings (SSSR count). The van der Waals surface area contributed by atoms with Gasteiger partial charge in [0, 0.05) is 17.6 Å². The van der Waals surface area contributed by atoms with Gasteiger partial charge in [0.15, 0.2) is 4.34 Å². The number of anilines is 1. The molecule has 0 aliphatic carbocycles. The lowest BCUT2D eigenvalue weighted by molar-refractivity contribution is -0.120. The fraction of sp³-hybridized carbons (Fsp3) is 0.421. The summed E-state index contributed by atoms with van der Waals surface area (Å²) in [7, 11) is 0. The highest BCUT2D eigenvalue weighted by Gasteiger charge is 2.10. The molecular weight excluding hydrogens is 366 g/mol. The molecule has 0 saturated heterocycles. The van der Waals surface area contributed by atoms with Crippen LogP contribution in [0.25, 0.3) is 0 Å². The Labute approximate surface area is 163 Å². The van der Waals surface area contributed by atoms with Crippen LogP contribution in [0.15, 0.2) is 34.0 Å². The van der Waals surface area contributed by atoms with Crippen LogP contribution >= 0.6 is 23.1 Å². The summed E-state index contributed by atoms with van der Waals surface area (Å²) >= 11 is 2.85. The number of amides is 2. The van der Waals surface area contributed by atoms with Gasteiger partial charge in [0.25, 0.3) is 0 Å². The number of thiazole rings is 1. The van der Waals surface area contributed by atoms with E-state index >= 15 is 0 Å². The molecule has 0 radical (unpaired) electrons. The molecule has 0 unspecified atom stereocenters. The largest absolute Gasteiger partial charge is 0.356 e. The summed E-state index contributed by atoms with van der Waals surface area (Å²) in [4.78, 5) is 28.3. The lowest BCUT2D eigenvalue weighted by Crippen LogP contribution is -2.26. The molecule has 1 heterocycles. The van der Waals surface area contributed by atoms with Crippen molar-refractivity contribution < 1.29 is 9.59 Å². The van der Waals surface area contributed by atoms with Gasteiger partial charge in [-0.05, 0) is 25.5 Å². The summed E-state index contributed by atoms with van der Waals surface area (Å²) in [6.07, 6.45) is 3.57. The van der Waals surface area contributed by atoms with E-state index in [1.54, 1.807) is 0 Å². The highest BCUT2D eigenvalue weighted by Crippen LogP contribution is 2.23. The van der Waals surface area contributed by atoms with Crippen molar-refractivity contribution in [3.05, 3.63) is 40.9 Å². The normalized spacial score (nSPS) is 10.5. The Hall–Kier alpha value is -1.86. The predicted molar refractivity (Wildman–Crippen MR) is 109 cm³/mol. The van der Waals surface area contributed by atoms with Crippen molar-refractivity contribution in [1.82, 2.24) is 10.3 Å². The zero-order valence-electron chi connectivity index (χ0n) is 15.2. The Balaban J connectivity index is 1.71. The second-order valence-corrected chi connectivity index (χ2v) is 8.12. The summed E-state index contributed by atoms with van der Waals surface area (Å²) in [5.74, 6) is 0.230. The lowest BCUT2D eigenvalue weighted by atomic mass is 10.2. The number of carbonyl (C=O) groups is 2. The Morgan fingerprint density at radius 1 is 1.15 bits per heavy atom. The quantitative estimate of drug-likeness (QED) is 0.474. The van der Waals surface area contributed by atoms with Crippen LogP contribution in [0.4, 0.5) is 5.69 Å². The smallest absolute Gasteiger partial charge is 0.234 e. The lowest BCUT2D eigenvalue weighted by Gasteiger charge is -2.04. The van der Waals surface area contributed by atoms with Crippen molar-refractivity contribution in [3.63, 3.8) is 0 Å².